The molecule has 1 aliphatic heterocycles. The van der Waals surface area contributed by atoms with Crippen molar-refractivity contribution in [1.29, 1.82) is 0 Å². The van der Waals surface area contributed by atoms with Gasteiger partial charge in [0, 0.05) is 24.7 Å². The maximum absolute atomic E-state index is 12.6. The third-order valence-corrected chi connectivity index (χ3v) is 5.52. The Morgan fingerprint density at radius 3 is 2.75 bits per heavy atom. The van der Waals surface area contributed by atoms with E-state index in [1.807, 2.05) is 14.0 Å². The van der Waals surface area contributed by atoms with Crippen LogP contribution in [0.15, 0.2) is 34.7 Å². The molecule has 110 valence electrons. The van der Waals surface area contributed by atoms with Crippen LogP contribution in [0.25, 0.3) is 0 Å². The summed E-state index contributed by atoms with van der Waals surface area (Å²) < 4.78 is 26.7. The van der Waals surface area contributed by atoms with Crippen LogP contribution in [0.4, 0.5) is 0 Å². The third-order valence-electron chi connectivity index (χ3n) is 3.33. The maximum Gasteiger partial charge on any atom is 0.243 e. The Hall–Kier alpha value is -0.880. The van der Waals surface area contributed by atoms with E-state index in [4.69, 9.17) is 11.6 Å². The number of halogens is 1. The fourth-order valence-corrected chi connectivity index (χ4v) is 4.09. The van der Waals surface area contributed by atoms with Crippen LogP contribution in [0.5, 0.6) is 0 Å². The van der Waals surface area contributed by atoms with Crippen LogP contribution in [0.2, 0.25) is 5.02 Å². The first-order valence-corrected chi connectivity index (χ1v) is 8.36. The van der Waals surface area contributed by atoms with Crippen molar-refractivity contribution >= 4 is 21.6 Å². The average molecular weight is 315 g/mol. The molecule has 1 aromatic rings. The van der Waals surface area contributed by atoms with Gasteiger partial charge in [-0.3, -0.25) is 0 Å². The average Bonchev–Trinajstić information content (AvgIpc) is 2.41. The van der Waals surface area contributed by atoms with Crippen molar-refractivity contribution < 1.29 is 8.42 Å². The Kier molecular flexibility index (Phi) is 4.86. The first-order chi connectivity index (χ1) is 9.45. The van der Waals surface area contributed by atoms with E-state index in [2.05, 4.69) is 11.4 Å². The zero-order valence-corrected chi connectivity index (χ0v) is 13.3. The number of nitrogens with zero attached hydrogens (tertiary/aromatic N) is 1. The zero-order valence-electron chi connectivity index (χ0n) is 11.7. The number of sulfonamides is 1. The molecule has 0 saturated heterocycles. The molecule has 0 bridgehead atoms. The van der Waals surface area contributed by atoms with E-state index in [1.165, 1.54) is 10.4 Å². The van der Waals surface area contributed by atoms with Gasteiger partial charge in [-0.1, -0.05) is 29.3 Å². The minimum Gasteiger partial charge on any atom is -0.316 e. The van der Waals surface area contributed by atoms with Gasteiger partial charge in [0.1, 0.15) is 0 Å². The lowest BCUT2D eigenvalue weighted by Crippen LogP contribution is -2.35. The molecule has 1 N–H and O–H groups in total. The molecule has 0 unspecified atom stereocenters. The summed E-state index contributed by atoms with van der Waals surface area (Å²) in [4.78, 5) is 0.261. The molecule has 0 amide bonds. The molecule has 2 rings (SSSR count). The van der Waals surface area contributed by atoms with Gasteiger partial charge in [-0.2, -0.15) is 4.31 Å². The molecule has 0 aromatic heterocycles. The van der Waals surface area contributed by atoms with Gasteiger partial charge in [0.2, 0.25) is 10.0 Å². The molecule has 0 radical (unpaired) electrons. The Labute approximate surface area is 125 Å². The summed E-state index contributed by atoms with van der Waals surface area (Å²) in [5.74, 6) is 0. The Balaban J connectivity index is 2.30. The van der Waals surface area contributed by atoms with Gasteiger partial charge in [-0.05, 0) is 38.1 Å². The van der Waals surface area contributed by atoms with E-state index >= 15 is 0 Å². The van der Waals surface area contributed by atoms with E-state index in [1.54, 1.807) is 12.1 Å². The molecule has 1 aliphatic rings. The van der Waals surface area contributed by atoms with Crippen molar-refractivity contribution in [2.45, 2.75) is 24.8 Å². The van der Waals surface area contributed by atoms with Crippen LogP contribution in [0.3, 0.4) is 0 Å². The summed E-state index contributed by atoms with van der Waals surface area (Å²) >= 11 is 6.15. The van der Waals surface area contributed by atoms with Gasteiger partial charge in [-0.15, -0.1) is 0 Å². The third kappa shape index (κ3) is 3.23. The summed E-state index contributed by atoms with van der Waals surface area (Å²) in [6.07, 6.45) is 2.84. The second kappa shape index (κ2) is 6.26. The molecule has 0 spiro atoms. The highest BCUT2D eigenvalue weighted by molar-refractivity contribution is 7.89. The highest BCUT2D eigenvalue weighted by Gasteiger charge is 2.26. The predicted molar refractivity (Wildman–Crippen MR) is 81.3 cm³/mol. The van der Waals surface area contributed by atoms with Crippen molar-refractivity contribution in [3.8, 4) is 0 Å². The van der Waals surface area contributed by atoms with Gasteiger partial charge < -0.3 is 5.32 Å². The topological polar surface area (TPSA) is 49.4 Å². The molecule has 0 aliphatic carbocycles. The fraction of sp³-hybridized carbons (Fsp3) is 0.429. The van der Waals surface area contributed by atoms with Crippen LogP contribution in [-0.2, 0) is 16.6 Å². The summed E-state index contributed by atoms with van der Waals surface area (Å²) in [7, 11) is -1.64. The second-order valence-corrected chi connectivity index (χ2v) is 7.31. The number of benzene rings is 1. The number of hydrogen-bond acceptors (Lipinski definition) is 3. The largest absolute Gasteiger partial charge is 0.316 e. The zero-order chi connectivity index (χ0) is 14.8. The molecule has 0 fully saturated rings. The Morgan fingerprint density at radius 1 is 1.40 bits per heavy atom. The van der Waals surface area contributed by atoms with Crippen LogP contribution in [0.1, 0.15) is 18.9 Å². The fourth-order valence-electron chi connectivity index (χ4n) is 2.25. The maximum atomic E-state index is 12.6. The molecule has 6 heteroatoms. The van der Waals surface area contributed by atoms with Crippen molar-refractivity contribution in [3.05, 3.63) is 40.4 Å². The van der Waals surface area contributed by atoms with Gasteiger partial charge in [0.05, 0.1) is 4.90 Å². The molecule has 0 saturated carbocycles. The molecular formula is C14H19ClN2O2S. The van der Waals surface area contributed by atoms with E-state index < -0.39 is 10.0 Å². The lowest BCUT2D eigenvalue weighted by Gasteiger charge is -2.25. The molecule has 20 heavy (non-hydrogen) atoms. The van der Waals surface area contributed by atoms with Crippen molar-refractivity contribution in [1.82, 2.24) is 9.62 Å². The molecule has 1 heterocycles. The standard InChI is InChI=1S/C14H19ClN2O2S/c1-11-4-3-7-17(10-11)20(18,19)13-6-5-12(9-16-2)14(15)8-13/h4-6,8,16H,3,7,9-10H2,1-2H3. The number of nitrogens with one attached hydrogen (secondary N) is 1. The van der Waals surface area contributed by atoms with Crippen LogP contribution in [0, 0.1) is 0 Å². The number of hydrogen-bond donors (Lipinski definition) is 1. The Bertz CT molecular complexity index is 626. The van der Waals surface area contributed by atoms with Gasteiger partial charge in [-0.25, -0.2) is 8.42 Å². The molecule has 0 atom stereocenters. The monoisotopic (exact) mass is 314 g/mol. The highest BCUT2D eigenvalue weighted by Crippen LogP contribution is 2.25. The smallest absolute Gasteiger partial charge is 0.243 e. The van der Waals surface area contributed by atoms with Crippen molar-refractivity contribution in [2.75, 3.05) is 20.1 Å². The van der Waals surface area contributed by atoms with Crippen LogP contribution in [-0.4, -0.2) is 32.9 Å². The quantitative estimate of drug-likeness (QED) is 0.868. The van der Waals surface area contributed by atoms with Crippen molar-refractivity contribution in [3.63, 3.8) is 0 Å². The van der Waals surface area contributed by atoms with Gasteiger partial charge >= 0.3 is 0 Å². The summed E-state index contributed by atoms with van der Waals surface area (Å²) in [6.45, 7) is 3.54. The van der Waals surface area contributed by atoms with E-state index in [-0.39, 0.29) is 4.90 Å². The minimum atomic E-state index is -3.46. The normalized spacial score (nSPS) is 17.1. The second-order valence-electron chi connectivity index (χ2n) is 4.96. The van der Waals surface area contributed by atoms with Gasteiger partial charge in [0.15, 0.2) is 0 Å². The summed E-state index contributed by atoms with van der Waals surface area (Å²) in [6, 6.07) is 4.93. The summed E-state index contributed by atoms with van der Waals surface area (Å²) in [5, 5.41) is 3.48. The van der Waals surface area contributed by atoms with E-state index in [0.717, 1.165) is 17.6 Å². The number of rotatable bonds is 4. The molecule has 4 nitrogen and oxygen atoms in total. The lowest BCUT2D eigenvalue weighted by atomic mass is 10.2. The van der Waals surface area contributed by atoms with Crippen molar-refractivity contribution in [2.24, 2.45) is 0 Å². The predicted octanol–water partition coefficient (Wildman–Crippen LogP) is 2.40. The molecule has 1 aromatic carbocycles. The Morgan fingerprint density at radius 2 is 2.15 bits per heavy atom. The minimum absolute atomic E-state index is 0.261. The van der Waals surface area contributed by atoms with Crippen LogP contribution < -0.4 is 5.32 Å². The first-order valence-electron chi connectivity index (χ1n) is 6.54. The first kappa shape index (κ1) is 15.5. The van der Waals surface area contributed by atoms with Gasteiger partial charge in [0.25, 0.3) is 0 Å². The SMILES string of the molecule is CNCc1ccc(S(=O)(=O)N2CCC=C(C)C2)cc1Cl. The van der Waals surface area contributed by atoms with E-state index in [0.29, 0.717) is 24.7 Å². The molecular weight excluding hydrogens is 296 g/mol. The highest BCUT2D eigenvalue weighted by atomic mass is 35.5. The van der Waals surface area contributed by atoms with Crippen LogP contribution >= 0.6 is 11.6 Å². The van der Waals surface area contributed by atoms with E-state index in [9.17, 15) is 8.42 Å². The summed E-state index contributed by atoms with van der Waals surface area (Å²) in [5.41, 5.74) is 1.97. The lowest BCUT2D eigenvalue weighted by molar-refractivity contribution is 0.428.